The van der Waals surface area contributed by atoms with Crippen LogP contribution in [0.15, 0.2) is 72.8 Å². The van der Waals surface area contributed by atoms with E-state index in [1.54, 1.807) is 18.2 Å². The molecule has 2 N–H and O–H groups in total. The van der Waals surface area contributed by atoms with Crippen LogP contribution in [0.1, 0.15) is 41.5 Å². The highest BCUT2D eigenvalue weighted by Gasteiger charge is 2.34. The maximum absolute atomic E-state index is 13.4. The van der Waals surface area contributed by atoms with Crippen LogP contribution in [0.25, 0.3) is 0 Å². The van der Waals surface area contributed by atoms with Gasteiger partial charge >= 0.3 is 6.18 Å². The molecule has 3 aromatic carbocycles. The topological polar surface area (TPSA) is 55.6 Å². The number of rotatable bonds is 12. The second-order valence-electron chi connectivity index (χ2n) is 8.82. The second-order valence-corrected chi connectivity index (χ2v) is 9.19. The van der Waals surface area contributed by atoms with Crippen LogP contribution >= 0.6 is 11.6 Å². The third-order valence-electron chi connectivity index (χ3n) is 5.84. The number of hydrogen-bond donors (Lipinski definition) is 1. The maximum atomic E-state index is 13.4. The van der Waals surface area contributed by atoms with E-state index in [-0.39, 0.29) is 23.9 Å². The third-order valence-corrected chi connectivity index (χ3v) is 6.29. The van der Waals surface area contributed by atoms with Crippen LogP contribution in [0.3, 0.4) is 0 Å². The van der Waals surface area contributed by atoms with Gasteiger partial charge in [-0.25, -0.2) is 0 Å². The van der Waals surface area contributed by atoms with Gasteiger partial charge in [-0.3, -0.25) is 9.69 Å². The number of alkyl halides is 3. The number of nitrogens with zero attached hydrogens (tertiary/aromatic N) is 1. The molecule has 0 bridgehead atoms. The molecule has 3 rings (SSSR count). The summed E-state index contributed by atoms with van der Waals surface area (Å²) in [5.41, 5.74) is 6.80. The summed E-state index contributed by atoms with van der Waals surface area (Å²) < 4.78 is 45.9. The molecule has 192 valence electrons. The van der Waals surface area contributed by atoms with Crippen LogP contribution in [0.2, 0.25) is 5.02 Å². The Balaban J connectivity index is 1.68. The van der Waals surface area contributed by atoms with Gasteiger partial charge in [0.1, 0.15) is 5.75 Å². The van der Waals surface area contributed by atoms with Gasteiger partial charge < -0.3 is 10.5 Å². The molecule has 36 heavy (non-hydrogen) atoms. The summed E-state index contributed by atoms with van der Waals surface area (Å²) in [4.78, 5) is 13.3. The molecule has 0 aromatic heterocycles. The number of halogens is 4. The number of carbonyl (C=O) groups excluding carboxylic acids is 1. The van der Waals surface area contributed by atoms with E-state index in [1.807, 2.05) is 42.5 Å². The molecule has 0 saturated carbocycles. The van der Waals surface area contributed by atoms with Crippen molar-refractivity contribution in [3.63, 3.8) is 0 Å². The predicted octanol–water partition coefficient (Wildman–Crippen LogP) is 6.46. The molecule has 4 nitrogen and oxygen atoms in total. The first kappa shape index (κ1) is 27.6. The lowest BCUT2D eigenvalue weighted by Crippen LogP contribution is -2.30. The molecular weight excluding hydrogens is 489 g/mol. The number of benzene rings is 3. The van der Waals surface area contributed by atoms with Gasteiger partial charge in [-0.05, 0) is 47.2 Å². The Kier molecular flexibility index (Phi) is 9.79. The van der Waals surface area contributed by atoms with Gasteiger partial charge in [0.25, 0.3) is 0 Å². The number of carbonyl (C=O) groups is 1. The Bertz CT molecular complexity index is 1140. The summed E-state index contributed by atoms with van der Waals surface area (Å²) >= 11 is 6.18. The molecule has 0 aliphatic carbocycles. The molecule has 8 heteroatoms. The van der Waals surface area contributed by atoms with Crippen molar-refractivity contribution in [2.24, 2.45) is 5.73 Å². The lowest BCUT2D eigenvalue weighted by Gasteiger charge is -2.27. The van der Waals surface area contributed by atoms with Crippen molar-refractivity contribution in [1.29, 1.82) is 0 Å². The molecule has 0 fully saturated rings. The zero-order chi connectivity index (χ0) is 26.1. The van der Waals surface area contributed by atoms with Crippen molar-refractivity contribution in [3.05, 3.63) is 100 Å². The van der Waals surface area contributed by atoms with Crippen molar-refractivity contribution in [2.75, 3.05) is 19.7 Å². The smallest absolute Gasteiger partial charge is 0.417 e. The average molecular weight is 519 g/mol. The summed E-state index contributed by atoms with van der Waals surface area (Å²) in [6.07, 6.45) is -3.72. The third kappa shape index (κ3) is 8.28. The van der Waals surface area contributed by atoms with Gasteiger partial charge in [0.05, 0.1) is 23.6 Å². The van der Waals surface area contributed by atoms with Crippen LogP contribution in [-0.4, -0.2) is 30.5 Å². The fourth-order valence-corrected chi connectivity index (χ4v) is 4.39. The summed E-state index contributed by atoms with van der Waals surface area (Å²) in [5, 5.41) is -0.259. The number of ether oxygens (including phenoxy) is 1. The minimum atomic E-state index is -4.51. The first-order valence-electron chi connectivity index (χ1n) is 11.8. The molecule has 0 aliphatic rings. The number of hydrogen-bond acceptors (Lipinski definition) is 3. The highest BCUT2D eigenvalue weighted by atomic mass is 35.5. The number of amides is 1. The van der Waals surface area contributed by atoms with Gasteiger partial charge in [-0.15, -0.1) is 0 Å². The van der Waals surface area contributed by atoms with E-state index < -0.39 is 17.6 Å². The maximum Gasteiger partial charge on any atom is 0.417 e. The van der Waals surface area contributed by atoms with E-state index in [4.69, 9.17) is 22.1 Å². The lowest BCUT2D eigenvalue weighted by atomic mass is 10.00. The SMILES string of the molecule is C[C@@H](CN(CCCOc1cccc(CC(N)=O)c1)Cc1cccc(C(F)(F)F)c1Cl)c1ccccc1. The van der Waals surface area contributed by atoms with Crippen LogP contribution in [-0.2, 0) is 23.9 Å². The molecule has 0 heterocycles. The van der Waals surface area contributed by atoms with Crippen LogP contribution in [0.5, 0.6) is 5.75 Å². The molecule has 0 spiro atoms. The van der Waals surface area contributed by atoms with Gasteiger partial charge in [0, 0.05) is 19.6 Å². The quantitative estimate of drug-likeness (QED) is 0.280. The first-order valence-corrected chi connectivity index (χ1v) is 12.1. The molecule has 0 unspecified atom stereocenters. The molecule has 0 aliphatic heterocycles. The van der Waals surface area contributed by atoms with Gasteiger partial charge in [0.2, 0.25) is 5.91 Å². The summed E-state index contributed by atoms with van der Waals surface area (Å²) in [6, 6.07) is 21.2. The monoisotopic (exact) mass is 518 g/mol. The molecule has 3 aromatic rings. The summed E-state index contributed by atoms with van der Waals surface area (Å²) in [5.74, 6) is 0.393. The van der Waals surface area contributed by atoms with E-state index in [0.717, 1.165) is 17.2 Å². The zero-order valence-electron chi connectivity index (χ0n) is 20.1. The van der Waals surface area contributed by atoms with Crippen LogP contribution < -0.4 is 10.5 Å². The van der Waals surface area contributed by atoms with Crippen molar-refractivity contribution in [2.45, 2.75) is 38.4 Å². The zero-order valence-corrected chi connectivity index (χ0v) is 20.9. The Morgan fingerprint density at radius 1 is 1.06 bits per heavy atom. The molecular formula is C28H30ClF3N2O2. The molecule has 0 saturated heterocycles. The van der Waals surface area contributed by atoms with E-state index in [9.17, 15) is 18.0 Å². The predicted molar refractivity (Wildman–Crippen MR) is 136 cm³/mol. The normalized spacial score (nSPS) is 12.5. The molecule has 0 radical (unpaired) electrons. The minimum Gasteiger partial charge on any atom is -0.494 e. The number of nitrogens with two attached hydrogens (primary N) is 1. The molecule has 1 atom stereocenters. The lowest BCUT2D eigenvalue weighted by molar-refractivity contribution is -0.137. The van der Waals surface area contributed by atoms with Crippen LogP contribution in [0.4, 0.5) is 13.2 Å². The fraction of sp³-hybridized carbons (Fsp3) is 0.321. The number of primary amides is 1. The van der Waals surface area contributed by atoms with Crippen molar-refractivity contribution in [1.82, 2.24) is 4.90 Å². The molecule has 1 amide bonds. The first-order chi connectivity index (χ1) is 17.1. The minimum absolute atomic E-state index is 0.139. The van der Waals surface area contributed by atoms with Gasteiger partial charge in [-0.2, -0.15) is 13.2 Å². The van der Waals surface area contributed by atoms with E-state index in [1.165, 1.54) is 6.07 Å². The summed E-state index contributed by atoms with van der Waals surface area (Å²) in [7, 11) is 0. The van der Waals surface area contributed by atoms with E-state index in [0.29, 0.717) is 37.4 Å². The van der Waals surface area contributed by atoms with Crippen molar-refractivity contribution < 1.29 is 22.7 Å². The van der Waals surface area contributed by atoms with Gasteiger partial charge in [0.15, 0.2) is 0 Å². The highest BCUT2D eigenvalue weighted by molar-refractivity contribution is 6.32. The Morgan fingerprint density at radius 3 is 2.47 bits per heavy atom. The second kappa shape index (κ2) is 12.8. The Hall–Kier alpha value is -3.03. The summed E-state index contributed by atoms with van der Waals surface area (Å²) in [6.45, 7) is 4.03. The highest BCUT2D eigenvalue weighted by Crippen LogP contribution is 2.36. The van der Waals surface area contributed by atoms with Gasteiger partial charge in [-0.1, -0.05) is 73.1 Å². The van der Waals surface area contributed by atoms with Crippen molar-refractivity contribution >= 4 is 17.5 Å². The largest absolute Gasteiger partial charge is 0.494 e. The fourth-order valence-electron chi connectivity index (χ4n) is 4.10. The average Bonchev–Trinajstić information content (AvgIpc) is 2.82. The van der Waals surface area contributed by atoms with E-state index >= 15 is 0 Å². The van der Waals surface area contributed by atoms with E-state index in [2.05, 4.69) is 11.8 Å². The Labute approximate surface area is 214 Å². The Morgan fingerprint density at radius 2 is 1.78 bits per heavy atom. The van der Waals surface area contributed by atoms with Crippen molar-refractivity contribution in [3.8, 4) is 5.75 Å². The van der Waals surface area contributed by atoms with Crippen LogP contribution in [0, 0.1) is 0 Å². The standard InChI is InChI=1S/C28H30ClF3N2O2/c1-20(22-9-3-2-4-10-22)18-34(19-23-11-6-13-25(27(23)29)28(30,31)32)14-7-15-36-24-12-5-8-21(16-24)17-26(33)35/h2-6,8-13,16,20H,7,14-15,17-19H2,1H3,(H2,33,35)/t20-/m0/s1.